The Hall–Kier alpha value is -1.78. The number of amides is 1. The largest absolute Gasteiger partial charge is 0.348 e. The molecule has 1 amide bonds. The van der Waals surface area contributed by atoms with Crippen LogP contribution < -0.4 is 10.9 Å². The number of carbonyl (C=O) groups excluding carboxylic acids is 1. The second-order valence-electron chi connectivity index (χ2n) is 7.24. The number of aromatic nitrogens is 1. The molecule has 2 aliphatic carbocycles. The van der Waals surface area contributed by atoms with Gasteiger partial charge in [-0.15, -0.1) is 0 Å². The number of hydrogen-bond acceptors (Lipinski definition) is 2. The Morgan fingerprint density at radius 3 is 2.62 bits per heavy atom. The van der Waals surface area contributed by atoms with E-state index in [0.717, 1.165) is 55.3 Å². The number of aromatic amines is 1. The molecule has 0 bridgehead atoms. The third kappa shape index (κ3) is 2.95. The van der Waals surface area contributed by atoms with Gasteiger partial charge < -0.3 is 10.3 Å². The summed E-state index contributed by atoms with van der Waals surface area (Å²) in [6, 6.07) is 8.77. The minimum absolute atomic E-state index is 0.0335. The van der Waals surface area contributed by atoms with Gasteiger partial charge in [0.25, 0.3) is 0 Å². The summed E-state index contributed by atoms with van der Waals surface area (Å²) >= 11 is 12.2. The number of H-pyrrole nitrogens is 1. The normalized spacial score (nSPS) is 20.8. The Kier molecular flexibility index (Phi) is 4.57. The first-order valence-corrected chi connectivity index (χ1v) is 9.74. The highest BCUT2D eigenvalue weighted by atomic mass is 35.5. The van der Waals surface area contributed by atoms with Crippen LogP contribution in [-0.2, 0) is 16.6 Å². The molecule has 4 nitrogen and oxygen atoms in total. The molecule has 0 aliphatic heterocycles. The second-order valence-corrected chi connectivity index (χ2v) is 8.05. The van der Waals surface area contributed by atoms with E-state index in [9.17, 15) is 9.59 Å². The molecule has 1 unspecified atom stereocenters. The fraction of sp³-hybridized carbons (Fsp3) is 0.400. The van der Waals surface area contributed by atoms with Gasteiger partial charge >= 0.3 is 0 Å². The SMILES string of the molecule is O=C(NC1CCCc2[nH]c(=O)ccc21)C1(c2ccc(Cl)c(Cl)c2)CCC1. The van der Waals surface area contributed by atoms with Crippen molar-refractivity contribution in [3.05, 3.63) is 67.6 Å². The van der Waals surface area contributed by atoms with Crippen LogP contribution in [0.2, 0.25) is 10.0 Å². The predicted molar refractivity (Wildman–Crippen MR) is 103 cm³/mol. The number of carbonyl (C=O) groups is 1. The van der Waals surface area contributed by atoms with E-state index in [-0.39, 0.29) is 17.5 Å². The Bertz CT molecular complexity index is 918. The molecule has 6 heteroatoms. The standard InChI is InChI=1S/C20H20Cl2N2O2/c21-14-7-5-12(11-15(14)22)20(9-2-10-20)19(26)24-17-4-1-3-16-13(17)6-8-18(25)23-16/h5-8,11,17H,1-4,9-10H2,(H,23,25)(H,24,26). The van der Waals surface area contributed by atoms with Crippen molar-refractivity contribution in [2.45, 2.75) is 50.0 Å². The zero-order valence-corrected chi connectivity index (χ0v) is 15.8. The Morgan fingerprint density at radius 2 is 1.92 bits per heavy atom. The van der Waals surface area contributed by atoms with Crippen molar-refractivity contribution >= 4 is 29.1 Å². The van der Waals surface area contributed by atoms with Gasteiger partial charge in [-0.05, 0) is 61.4 Å². The number of hydrogen-bond donors (Lipinski definition) is 2. The first-order chi connectivity index (χ1) is 12.5. The van der Waals surface area contributed by atoms with Crippen LogP contribution in [-0.4, -0.2) is 10.9 Å². The molecule has 136 valence electrons. The van der Waals surface area contributed by atoms with Gasteiger partial charge in [0, 0.05) is 11.8 Å². The molecule has 2 aliphatic rings. The van der Waals surface area contributed by atoms with Crippen LogP contribution in [0.1, 0.15) is 55.0 Å². The van der Waals surface area contributed by atoms with E-state index >= 15 is 0 Å². The molecule has 4 rings (SSSR count). The lowest BCUT2D eigenvalue weighted by molar-refractivity contribution is -0.130. The third-order valence-electron chi connectivity index (χ3n) is 5.75. The minimum atomic E-state index is -0.534. The Labute approximate surface area is 161 Å². The number of pyridine rings is 1. The zero-order valence-electron chi connectivity index (χ0n) is 14.3. The van der Waals surface area contributed by atoms with E-state index in [1.807, 2.05) is 18.2 Å². The van der Waals surface area contributed by atoms with Crippen LogP contribution in [0, 0.1) is 0 Å². The maximum Gasteiger partial charge on any atom is 0.248 e. The van der Waals surface area contributed by atoms with Crippen LogP contribution >= 0.6 is 23.2 Å². The number of benzene rings is 1. The van der Waals surface area contributed by atoms with Crippen molar-refractivity contribution in [2.75, 3.05) is 0 Å². The topological polar surface area (TPSA) is 62.0 Å². The molecular formula is C20H20Cl2N2O2. The smallest absolute Gasteiger partial charge is 0.248 e. The van der Waals surface area contributed by atoms with Gasteiger partial charge in [-0.2, -0.15) is 0 Å². The lowest BCUT2D eigenvalue weighted by Crippen LogP contribution is -2.50. The number of halogens is 2. The highest BCUT2D eigenvalue weighted by Crippen LogP contribution is 2.46. The average molecular weight is 391 g/mol. The van der Waals surface area contributed by atoms with E-state index < -0.39 is 5.41 Å². The second kappa shape index (κ2) is 6.75. The zero-order chi connectivity index (χ0) is 18.3. The molecule has 1 saturated carbocycles. The Morgan fingerprint density at radius 1 is 1.12 bits per heavy atom. The van der Waals surface area contributed by atoms with Crippen molar-refractivity contribution < 1.29 is 4.79 Å². The van der Waals surface area contributed by atoms with Gasteiger partial charge in [0.15, 0.2) is 0 Å². The summed E-state index contributed by atoms with van der Waals surface area (Å²) in [5, 5.41) is 4.20. The van der Waals surface area contributed by atoms with E-state index in [1.165, 1.54) is 6.07 Å². The van der Waals surface area contributed by atoms with E-state index in [4.69, 9.17) is 23.2 Å². The van der Waals surface area contributed by atoms with Gasteiger partial charge in [-0.3, -0.25) is 9.59 Å². The van der Waals surface area contributed by atoms with Gasteiger partial charge in [-0.1, -0.05) is 35.7 Å². The van der Waals surface area contributed by atoms with Gasteiger partial charge in [-0.25, -0.2) is 0 Å². The highest BCUT2D eigenvalue weighted by Gasteiger charge is 2.46. The summed E-state index contributed by atoms with van der Waals surface area (Å²) in [6.45, 7) is 0. The maximum atomic E-state index is 13.2. The molecule has 1 aromatic carbocycles. The van der Waals surface area contributed by atoms with E-state index in [2.05, 4.69) is 10.3 Å². The summed E-state index contributed by atoms with van der Waals surface area (Å²) in [7, 11) is 0. The molecule has 1 atom stereocenters. The molecule has 2 N–H and O–H groups in total. The Balaban J connectivity index is 1.61. The van der Waals surface area contributed by atoms with Gasteiger partial charge in [0.1, 0.15) is 0 Å². The first-order valence-electron chi connectivity index (χ1n) is 8.98. The first kappa shape index (κ1) is 17.6. The molecule has 0 saturated heterocycles. The fourth-order valence-electron chi connectivity index (χ4n) is 4.12. The van der Waals surface area contributed by atoms with Crippen molar-refractivity contribution in [1.29, 1.82) is 0 Å². The van der Waals surface area contributed by atoms with Crippen LogP contribution in [0.3, 0.4) is 0 Å². The molecule has 1 fully saturated rings. The molecular weight excluding hydrogens is 371 g/mol. The number of rotatable bonds is 3. The van der Waals surface area contributed by atoms with E-state index in [0.29, 0.717) is 10.0 Å². The van der Waals surface area contributed by atoms with Crippen LogP contribution in [0.5, 0.6) is 0 Å². The summed E-state index contributed by atoms with van der Waals surface area (Å²) in [4.78, 5) is 27.7. The maximum absolute atomic E-state index is 13.2. The molecule has 0 spiro atoms. The van der Waals surface area contributed by atoms with E-state index in [1.54, 1.807) is 6.07 Å². The van der Waals surface area contributed by atoms with Crippen molar-refractivity contribution in [3.8, 4) is 0 Å². The summed E-state index contributed by atoms with van der Waals surface area (Å²) < 4.78 is 0. The van der Waals surface area contributed by atoms with Crippen LogP contribution in [0.15, 0.2) is 35.1 Å². The quantitative estimate of drug-likeness (QED) is 0.820. The fourth-order valence-corrected chi connectivity index (χ4v) is 4.42. The van der Waals surface area contributed by atoms with Gasteiger partial charge in [0.2, 0.25) is 11.5 Å². The summed E-state index contributed by atoms with van der Waals surface area (Å²) in [5.74, 6) is 0.0335. The van der Waals surface area contributed by atoms with Crippen molar-refractivity contribution in [3.63, 3.8) is 0 Å². The molecule has 2 aromatic rings. The molecule has 1 heterocycles. The van der Waals surface area contributed by atoms with Crippen LogP contribution in [0.4, 0.5) is 0 Å². The predicted octanol–water partition coefficient (Wildman–Crippen LogP) is 4.30. The minimum Gasteiger partial charge on any atom is -0.348 e. The molecule has 1 aromatic heterocycles. The lowest BCUT2D eigenvalue weighted by atomic mass is 9.63. The monoisotopic (exact) mass is 390 g/mol. The summed E-state index contributed by atoms with van der Waals surface area (Å²) in [5.41, 5.74) is 2.25. The van der Waals surface area contributed by atoms with Crippen LogP contribution in [0.25, 0.3) is 0 Å². The highest BCUT2D eigenvalue weighted by molar-refractivity contribution is 6.42. The number of fused-ring (bicyclic) bond motifs is 1. The van der Waals surface area contributed by atoms with Crippen molar-refractivity contribution in [1.82, 2.24) is 10.3 Å². The van der Waals surface area contributed by atoms with Crippen molar-refractivity contribution in [2.24, 2.45) is 0 Å². The third-order valence-corrected chi connectivity index (χ3v) is 6.49. The molecule has 0 radical (unpaired) electrons. The number of aryl methyl sites for hydroxylation is 1. The average Bonchev–Trinajstić information content (AvgIpc) is 2.57. The lowest BCUT2D eigenvalue weighted by Gasteiger charge is -2.42. The molecule has 26 heavy (non-hydrogen) atoms. The summed E-state index contributed by atoms with van der Waals surface area (Å²) in [6.07, 6.45) is 5.29. The number of nitrogens with one attached hydrogen (secondary N) is 2. The van der Waals surface area contributed by atoms with Gasteiger partial charge in [0.05, 0.1) is 21.5 Å².